The van der Waals surface area contributed by atoms with Gasteiger partial charge in [0.15, 0.2) is 12.4 Å². The van der Waals surface area contributed by atoms with Crippen molar-refractivity contribution in [3.8, 4) is 5.75 Å². The number of nitrogens with one attached hydrogen (secondary N) is 2. The highest BCUT2D eigenvalue weighted by molar-refractivity contribution is 6.02. The van der Waals surface area contributed by atoms with Crippen molar-refractivity contribution in [3.05, 3.63) is 77.2 Å². The number of anilines is 2. The van der Waals surface area contributed by atoms with Crippen molar-refractivity contribution in [2.45, 2.75) is 32.9 Å². The van der Waals surface area contributed by atoms with E-state index in [4.69, 9.17) is 9.15 Å². The quantitative estimate of drug-likeness (QED) is 0.453. The van der Waals surface area contributed by atoms with Gasteiger partial charge in [0, 0.05) is 5.69 Å². The molecule has 0 saturated carbocycles. The van der Waals surface area contributed by atoms with Crippen LogP contribution in [0.2, 0.25) is 0 Å². The zero-order valence-electron chi connectivity index (χ0n) is 18.2. The molecule has 0 aliphatic heterocycles. The van der Waals surface area contributed by atoms with E-state index >= 15 is 0 Å². The average Bonchev–Trinajstić information content (AvgIpc) is 3.27. The molecule has 1 heterocycles. The van der Waals surface area contributed by atoms with Gasteiger partial charge in [-0.05, 0) is 66.4 Å². The fraction of sp³-hybridized carbons (Fsp3) is 0.250. The summed E-state index contributed by atoms with van der Waals surface area (Å²) in [6.07, 6.45) is -3.49. The molecule has 0 bridgehead atoms. The van der Waals surface area contributed by atoms with Crippen LogP contribution >= 0.6 is 0 Å². The highest BCUT2D eigenvalue weighted by Gasteiger charge is 2.34. The first-order chi connectivity index (χ1) is 15.5. The van der Waals surface area contributed by atoms with Gasteiger partial charge in [-0.2, -0.15) is 13.2 Å². The normalized spacial score (nSPS) is 11.4. The van der Waals surface area contributed by atoms with Crippen molar-refractivity contribution < 1.29 is 31.9 Å². The van der Waals surface area contributed by atoms with Gasteiger partial charge in [0.05, 0.1) is 17.5 Å². The predicted molar refractivity (Wildman–Crippen MR) is 117 cm³/mol. The number of aryl methyl sites for hydroxylation is 1. The molecule has 0 aliphatic carbocycles. The van der Waals surface area contributed by atoms with Crippen LogP contribution in [0.1, 0.15) is 47.0 Å². The molecule has 0 unspecified atom stereocenters. The summed E-state index contributed by atoms with van der Waals surface area (Å²) in [6.45, 7) is 5.57. The standard InChI is InChI=1S/C24H23F3N2O4/c1-14(2)18-8-7-17(11-15(18)3)33-13-22(30)29-20-9-6-16(12-19(20)24(25,26)27)28-23(31)21-5-4-10-32-21/h4-12,14H,13H2,1-3H3,(H,28,31)(H,29,30). The minimum atomic E-state index is -4.77. The summed E-state index contributed by atoms with van der Waals surface area (Å²) in [5, 5.41) is 4.56. The van der Waals surface area contributed by atoms with Crippen LogP contribution in [0.3, 0.4) is 0 Å². The molecular weight excluding hydrogens is 437 g/mol. The molecule has 6 nitrogen and oxygen atoms in total. The Morgan fingerprint density at radius 2 is 1.82 bits per heavy atom. The summed E-state index contributed by atoms with van der Waals surface area (Å²) in [7, 11) is 0. The summed E-state index contributed by atoms with van der Waals surface area (Å²) < 4.78 is 51.1. The van der Waals surface area contributed by atoms with E-state index in [1.54, 1.807) is 12.1 Å². The van der Waals surface area contributed by atoms with Gasteiger partial charge in [-0.25, -0.2) is 0 Å². The maximum absolute atomic E-state index is 13.6. The summed E-state index contributed by atoms with van der Waals surface area (Å²) >= 11 is 0. The molecule has 33 heavy (non-hydrogen) atoms. The molecule has 9 heteroatoms. The number of ether oxygens (including phenoxy) is 1. The highest BCUT2D eigenvalue weighted by atomic mass is 19.4. The zero-order chi connectivity index (χ0) is 24.2. The number of benzene rings is 2. The summed E-state index contributed by atoms with van der Waals surface area (Å²) in [5.41, 5.74) is 0.484. The lowest BCUT2D eigenvalue weighted by atomic mass is 9.98. The van der Waals surface area contributed by atoms with Gasteiger partial charge in [0.2, 0.25) is 0 Å². The van der Waals surface area contributed by atoms with Crippen LogP contribution in [-0.4, -0.2) is 18.4 Å². The summed E-state index contributed by atoms with van der Waals surface area (Å²) in [4.78, 5) is 24.3. The third kappa shape index (κ3) is 6.15. The number of amides is 2. The second kappa shape index (κ2) is 9.81. The van der Waals surface area contributed by atoms with Crippen LogP contribution < -0.4 is 15.4 Å². The van der Waals surface area contributed by atoms with E-state index in [-0.39, 0.29) is 11.4 Å². The smallest absolute Gasteiger partial charge is 0.418 e. The van der Waals surface area contributed by atoms with Gasteiger partial charge in [0.25, 0.3) is 11.8 Å². The monoisotopic (exact) mass is 460 g/mol. The molecule has 2 N–H and O–H groups in total. The minimum Gasteiger partial charge on any atom is -0.484 e. The van der Waals surface area contributed by atoms with Crippen LogP contribution in [0.25, 0.3) is 0 Å². The molecule has 0 saturated heterocycles. The van der Waals surface area contributed by atoms with Gasteiger partial charge in [-0.1, -0.05) is 19.9 Å². The van der Waals surface area contributed by atoms with Crippen molar-refractivity contribution in [2.24, 2.45) is 0 Å². The Labute approximate surface area is 188 Å². The van der Waals surface area contributed by atoms with Crippen LogP contribution in [0.5, 0.6) is 5.75 Å². The third-order valence-corrected chi connectivity index (χ3v) is 4.84. The Kier molecular flexibility index (Phi) is 7.10. The lowest BCUT2D eigenvalue weighted by Gasteiger charge is -2.16. The molecule has 2 amide bonds. The SMILES string of the molecule is Cc1cc(OCC(=O)Nc2ccc(NC(=O)c3ccco3)cc2C(F)(F)F)ccc1C(C)C. The number of carbonyl (C=O) groups is 2. The van der Waals surface area contributed by atoms with Crippen LogP contribution in [0.4, 0.5) is 24.5 Å². The molecule has 2 aromatic carbocycles. The molecule has 0 spiro atoms. The summed E-state index contributed by atoms with van der Waals surface area (Å²) in [6, 6.07) is 11.3. The number of hydrogen-bond acceptors (Lipinski definition) is 4. The molecule has 0 atom stereocenters. The van der Waals surface area contributed by atoms with Crippen molar-refractivity contribution in [2.75, 3.05) is 17.2 Å². The van der Waals surface area contributed by atoms with Gasteiger partial charge < -0.3 is 19.8 Å². The maximum atomic E-state index is 13.6. The Bertz CT molecular complexity index is 1140. The fourth-order valence-corrected chi connectivity index (χ4v) is 3.29. The van der Waals surface area contributed by atoms with E-state index < -0.39 is 35.8 Å². The zero-order valence-corrected chi connectivity index (χ0v) is 18.2. The molecular formula is C24H23F3N2O4. The number of carbonyl (C=O) groups excluding carboxylic acids is 2. The maximum Gasteiger partial charge on any atom is 0.418 e. The Balaban J connectivity index is 1.69. The Hall–Kier alpha value is -3.75. The van der Waals surface area contributed by atoms with E-state index in [9.17, 15) is 22.8 Å². The molecule has 3 aromatic rings. The van der Waals surface area contributed by atoms with E-state index in [2.05, 4.69) is 24.5 Å². The minimum absolute atomic E-state index is 0.0465. The second-order valence-corrected chi connectivity index (χ2v) is 7.70. The summed E-state index contributed by atoms with van der Waals surface area (Å²) in [5.74, 6) is -0.723. The van der Waals surface area contributed by atoms with Gasteiger partial charge in [0.1, 0.15) is 5.75 Å². The van der Waals surface area contributed by atoms with Crippen molar-refractivity contribution in [3.63, 3.8) is 0 Å². The van der Waals surface area contributed by atoms with Crippen LogP contribution in [-0.2, 0) is 11.0 Å². The number of rotatable bonds is 7. The number of alkyl halides is 3. The molecule has 1 aromatic heterocycles. The fourth-order valence-electron chi connectivity index (χ4n) is 3.29. The second-order valence-electron chi connectivity index (χ2n) is 7.70. The molecule has 174 valence electrons. The van der Waals surface area contributed by atoms with Gasteiger partial charge in [-0.3, -0.25) is 9.59 Å². The van der Waals surface area contributed by atoms with Crippen LogP contribution in [0, 0.1) is 6.92 Å². The first-order valence-corrected chi connectivity index (χ1v) is 10.1. The first-order valence-electron chi connectivity index (χ1n) is 10.1. The van der Waals surface area contributed by atoms with Crippen molar-refractivity contribution in [1.29, 1.82) is 0 Å². The molecule has 0 aliphatic rings. The van der Waals surface area contributed by atoms with E-state index in [1.165, 1.54) is 24.5 Å². The first kappa shape index (κ1) is 23.9. The van der Waals surface area contributed by atoms with Crippen LogP contribution in [0.15, 0.2) is 59.2 Å². The largest absolute Gasteiger partial charge is 0.484 e. The lowest BCUT2D eigenvalue weighted by Crippen LogP contribution is -2.22. The number of furan rings is 1. The number of hydrogen-bond donors (Lipinski definition) is 2. The molecule has 3 rings (SSSR count). The topological polar surface area (TPSA) is 80.6 Å². The van der Waals surface area contributed by atoms with Gasteiger partial charge in [-0.15, -0.1) is 0 Å². The molecule has 0 radical (unpaired) electrons. The van der Waals surface area contributed by atoms with E-state index in [0.29, 0.717) is 11.7 Å². The van der Waals surface area contributed by atoms with Crippen molar-refractivity contribution >= 4 is 23.2 Å². The Morgan fingerprint density at radius 1 is 1.06 bits per heavy atom. The molecule has 0 fully saturated rings. The average molecular weight is 460 g/mol. The predicted octanol–water partition coefficient (Wildman–Crippen LogP) is 6.00. The van der Waals surface area contributed by atoms with E-state index in [1.807, 2.05) is 13.0 Å². The van der Waals surface area contributed by atoms with Gasteiger partial charge >= 0.3 is 6.18 Å². The Morgan fingerprint density at radius 3 is 2.42 bits per heavy atom. The lowest BCUT2D eigenvalue weighted by molar-refractivity contribution is -0.137. The highest BCUT2D eigenvalue weighted by Crippen LogP contribution is 2.36. The third-order valence-electron chi connectivity index (χ3n) is 4.84. The van der Waals surface area contributed by atoms with E-state index in [0.717, 1.165) is 23.3 Å². The number of halogens is 3. The van der Waals surface area contributed by atoms with Crippen molar-refractivity contribution in [1.82, 2.24) is 0 Å².